The minimum atomic E-state index is 0.503. The Hall–Kier alpha value is -3.08. The Kier molecular flexibility index (Phi) is 4.22. The number of fused-ring (bicyclic) bond motifs is 3. The molecule has 0 radical (unpaired) electrons. The summed E-state index contributed by atoms with van der Waals surface area (Å²) in [6.45, 7) is 10.5. The lowest BCUT2D eigenvalue weighted by Gasteiger charge is -2.21. The molecule has 0 aliphatic rings. The Bertz CT molecular complexity index is 1120. The number of hydrogen-bond acceptors (Lipinski definition) is 4. The average molecular weight is 359 g/mol. The number of anilines is 2. The number of hydrogen-bond donors (Lipinski definition) is 1. The molecule has 4 aromatic rings. The lowest BCUT2D eigenvalue weighted by molar-refractivity contribution is 0.867. The number of aromatic nitrogens is 3. The molecule has 0 unspecified atom stereocenters. The molecule has 0 fully saturated rings. The SMILES string of the molecule is CCN(CC)c1ccc2nc(N)c3cnc(-c4c(C)cccc4C)n3c2c1. The lowest BCUT2D eigenvalue weighted by Crippen LogP contribution is -2.21. The van der Waals surface area contributed by atoms with Gasteiger partial charge in [0.1, 0.15) is 17.2 Å². The van der Waals surface area contributed by atoms with Crippen molar-refractivity contribution in [3.63, 3.8) is 0 Å². The number of nitrogens with two attached hydrogens (primary N) is 1. The highest BCUT2D eigenvalue weighted by molar-refractivity contribution is 5.89. The second-order valence-electron chi connectivity index (χ2n) is 6.91. The summed E-state index contributed by atoms with van der Waals surface area (Å²) < 4.78 is 2.15. The Morgan fingerprint density at radius 3 is 2.37 bits per heavy atom. The Balaban J connectivity index is 2.10. The molecule has 2 aromatic heterocycles. The van der Waals surface area contributed by atoms with Crippen LogP contribution in [0.5, 0.6) is 0 Å². The lowest BCUT2D eigenvalue weighted by atomic mass is 10.0. The van der Waals surface area contributed by atoms with Gasteiger partial charge >= 0.3 is 0 Å². The van der Waals surface area contributed by atoms with Gasteiger partial charge in [0.05, 0.1) is 17.2 Å². The fraction of sp³-hybridized carbons (Fsp3) is 0.273. The highest BCUT2D eigenvalue weighted by atomic mass is 15.1. The number of nitrogens with zero attached hydrogens (tertiary/aromatic N) is 4. The van der Waals surface area contributed by atoms with Crippen molar-refractivity contribution in [1.29, 1.82) is 0 Å². The number of aryl methyl sites for hydroxylation is 2. The Labute approximate surface area is 159 Å². The first-order chi connectivity index (χ1) is 13.0. The third-order valence-corrected chi connectivity index (χ3v) is 5.30. The fourth-order valence-corrected chi connectivity index (χ4v) is 3.88. The third-order valence-electron chi connectivity index (χ3n) is 5.30. The number of nitrogen functional groups attached to an aromatic ring is 1. The zero-order valence-electron chi connectivity index (χ0n) is 16.3. The topological polar surface area (TPSA) is 59.5 Å². The molecule has 2 N–H and O–H groups in total. The summed E-state index contributed by atoms with van der Waals surface area (Å²) in [5, 5.41) is 0. The maximum Gasteiger partial charge on any atom is 0.150 e. The fourth-order valence-electron chi connectivity index (χ4n) is 3.88. The van der Waals surface area contributed by atoms with E-state index in [4.69, 9.17) is 10.7 Å². The first kappa shape index (κ1) is 17.3. The zero-order chi connectivity index (χ0) is 19.1. The monoisotopic (exact) mass is 359 g/mol. The van der Waals surface area contributed by atoms with Crippen molar-refractivity contribution < 1.29 is 0 Å². The van der Waals surface area contributed by atoms with Gasteiger partial charge in [-0.25, -0.2) is 9.97 Å². The summed E-state index contributed by atoms with van der Waals surface area (Å²) in [6, 6.07) is 12.7. The second kappa shape index (κ2) is 6.58. The molecule has 0 spiro atoms. The smallest absolute Gasteiger partial charge is 0.150 e. The normalized spacial score (nSPS) is 11.4. The van der Waals surface area contributed by atoms with Crippen LogP contribution in [-0.2, 0) is 0 Å². The van der Waals surface area contributed by atoms with E-state index in [9.17, 15) is 0 Å². The van der Waals surface area contributed by atoms with E-state index in [0.717, 1.165) is 41.0 Å². The summed E-state index contributed by atoms with van der Waals surface area (Å²) >= 11 is 0. The van der Waals surface area contributed by atoms with Crippen molar-refractivity contribution in [3.8, 4) is 11.4 Å². The Morgan fingerprint density at radius 2 is 1.70 bits per heavy atom. The number of rotatable bonds is 4. The van der Waals surface area contributed by atoms with Crippen LogP contribution in [0.2, 0.25) is 0 Å². The van der Waals surface area contributed by atoms with Gasteiger partial charge in [0.2, 0.25) is 0 Å². The molecule has 27 heavy (non-hydrogen) atoms. The van der Waals surface area contributed by atoms with Crippen LogP contribution in [0, 0.1) is 13.8 Å². The number of benzene rings is 2. The molecule has 0 aliphatic carbocycles. The minimum absolute atomic E-state index is 0.503. The molecule has 5 nitrogen and oxygen atoms in total. The van der Waals surface area contributed by atoms with Gasteiger partial charge < -0.3 is 10.6 Å². The predicted molar refractivity (Wildman–Crippen MR) is 113 cm³/mol. The van der Waals surface area contributed by atoms with Gasteiger partial charge in [-0.15, -0.1) is 0 Å². The van der Waals surface area contributed by atoms with E-state index in [1.54, 1.807) is 0 Å². The molecule has 5 heteroatoms. The molecule has 138 valence electrons. The Morgan fingerprint density at radius 1 is 1.00 bits per heavy atom. The van der Waals surface area contributed by atoms with Crippen LogP contribution >= 0.6 is 0 Å². The van der Waals surface area contributed by atoms with Gasteiger partial charge in [0, 0.05) is 24.3 Å². The summed E-state index contributed by atoms with van der Waals surface area (Å²) in [4.78, 5) is 11.7. The summed E-state index contributed by atoms with van der Waals surface area (Å²) in [5.41, 5.74) is 13.7. The largest absolute Gasteiger partial charge is 0.382 e. The van der Waals surface area contributed by atoms with Crippen molar-refractivity contribution in [1.82, 2.24) is 14.4 Å². The van der Waals surface area contributed by atoms with E-state index in [0.29, 0.717) is 5.82 Å². The van der Waals surface area contributed by atoms with Crippen LogP contribution in [0.1, 0.15) is 25.0 Å². The highest BCUT2D eigenvalue weighted by Crippen LogP contribution is 2.32. The molecule has 0 bridgehead atoms. The van der Waals surface area contributed by atoms with Crippen LogP contribution in [0.15, 0.2) is 42.6 Å². The van der Waals surface area contributed by atoms with E-state index in [2.05, 4.69) is 72.3 Å². The summed E-state index contributed by atoms with van der Waals surface area (Å²) in [6.07, 6.45) is 1.83. The van der Waals surface area contributed by atoms with Crippen molar-refractivity contribution in [2.45, 2.75) is 27.7 Å². The molecular weight excluding hydrogens is 334 g/mol. The van der Waals surface area contributed by atoms with Gasteiger partial charge in [-0.3, -0.25) is 4.40 Å². The molecule has 0 amide bonds. The van der Waals surface area contributed by atoms with Crippen molar-refractivity contribution in [2.24, 2.45) is 0 Å². The molecule has 0 saturated carbocycles. The first-order valence-electron chi connectivity index (χ1n) is 9.43. The van der Waals surface area contributed by atoms with Crippen LogP contribution in [0.4, 0.5) is 11.5 Å². The summed E-state index contributed by atoms with van der Waals surface area (Å²) in [5.74, 6) is 1.42. The molecular formula is C22H25N5. The second-order valence-corrected chi connectivity index (χ2v) is 6.91. The summed E-state index contributed by atoms with van der Waals surface area (Å²) in [7, 11) is 0. The van der Waals surface area contributed by atoms with Crippen molar-refractivity contribution in [2.75, 3.05) is 23.7 Å². The minimum Gasteiger partial charge on any atom is -0.382 e. The number of imidazole rings is 1. The van der Waals surface area contributed by atoms with Crippen molar-refractivity contribution >= 4 is 28.1 Å². The van der Waals surface area contributed by atoms with Crippen LogP contribution in [-0.4, -0.2) is 27.5 Å². The van der Waals surface area contributed by atoms with E-state index < -0.39 is 0 Å². The maximum atomic E-state index is 6.26. The van der Waals surface area contributed by atoms with Crippen molar-refractivity contribution in [3.05, 3.63) is 53.7 Å². The van der Waals surface area contributed by atoms with E-state index in [-0.39, 0.29) is 0 Å². The third kappa shape index (κ3) is 2.70. The van der Waals surface area contributed by atoms with Gasteiger partial charge in [-0.1, -0.05) is 18.2 Å². The first-order valence-corrected chi connectivity index (χ1v) is 9.43. The van der Waals surface area contributed by atoms with Gasteiger partial charge in [0.15, 0.2) is 0 Å². The highest BCUT2D eigenvalue weighted by Gasteiger charge is 2.17. The average Bonchev–Trinajstić information content (AvgIpc) is 3.09. The van der Waals surface area contributed by atoms with Gasteiger partial charge in [-0.05, 0) is 57.0 Å². The molecule has 0 saturated heterocycles. The van der Waals surface area contributed by atoms with E-state index in [1.165, 1.54) is 16.8 Å². The zero-order valence-corrected chi connectivity index (χ0v) is 16.3. The van der Waals surface area contributed by atoms with E-state index >= 15 is 0 Å². The van der Waals surface area contributed by atoms with Crippen LogP contribution in [0.3, 0.4) is 0 Å². The molecule has 2 aromatic carbocycles. The molecule has 2 heterocycles. The van der Waals surface area contributed by atoms with Crippen LogP contribution in [0.25, 0.3) is 27.9 Å². The van der Waals surface area contributed by atoms with Gasteiger partial charge in [0.25, 0.3) is 0 Å². The molecule has 0 atom stereocenters. The van der Waals surface area contributed by atoms with Crippen LogP contribution < -0.4 is 10.6 Å². The van der Waals surface area contributed by atoms with Gasteiger partial charge in [-0.2, -0.15) is 0 Å². The quantitative estimate of drug-likeness (QED) is 0.579. The molecule has 0 aliphatic heterocycles. The maximum absolute atomic E-state index is 6.26. The standard InChI is InChI=1S/C22H25N5/c1-5-26(6-2)16-10-11-17-18(12-16)27-19(21(23)25-17)13-24-22(27)20-14(3)8-7-9-15(20)4/h7-13H,5-6H2,1-4H3,(H2,23,25). The van der Waals surface area contributed by atoms with E-state index in [1.807, 2.05) is 12.3 Å². The predicted octanol–water partition coefficient (Wildman–Crippen LogP) is 4.59. The molecule has 4 rings (SSSR count).